The van der Waals surface area contributed by atoms with Crippen LogP contribution in [0.25, 0.3) is 0 Å². The molecule has 0 aromatic heterocycles. The Balaban J connectivity index is 0. The quantitative estimate of drug-likeness (QED) is 0.0187. The normalized spacial score (nSPS) is 13.5. The van der Waals surface area contributed by atoms with E-state index in [1.807, 2.05) is 119 Å². The van der Waals surface area contributed by atoms with Gasteiger partial charge in [-0.3, -0.25) is 9.59 Å². The summed E-state index contributed by atoms with van der Waals surface area (Å²) >= 11 is 0. The summed E-state index contributed by atoms with van der Waals surface area (Å²) in [5.41, 5.74) is 3.87. The van der Waals surface area contributed by atoms with Gasteiger partial charge in [-0.1, -0.05) is 172 Å². The van der Waals surface area contributed by atoms with Crippen LogP contribution < -0.4 is 18.9 Å². The van der Waals surface area contributed by atoms with Crippen LogP contribution in [-0.4, -0.2) is 134 Å². The van der Waals surface area contributed by atoms with Crippen LogP contribution >= 0.6 is 0 Å². The van der Waals surface area contributed by atoms with Gasteiger partial charge in [-0.25, -0.2) is 19.2 Å². The number of aliphatic carboxylic acids is 1. The third-order valence-electron chi connectivity index (χ3n) is 10.8. The summed E-state index contributed by atoms with van der Waals surface area (Å²) in [6.07, 6.45) is 8.55. The zero-order chi connectivity index (χ0) is 66.7. The molecule has 0 bridgehead atoms. The van der Waals surface area contributed by atoms with Crippen molar-refractivity contribution in [2.24, 2.45) is 11.8 Å². The van der Waals surface area contributed by atoms with Crippen molar-refractivity contribution in [3.8, 4) is 23.0 Å². The fourth-order valence-corrected chi connectivity index (χ4v) is 6.42. The predicted molar refractivity (Wildman–Crippen MR) is 340 cm³/mol. The Kier molecular flexibility index (Phi) is 47.9. The van der Waals surface area contributed by atoms with Gasteiger partial charge in [0.2, 0.25) is 0 Å². The van der Waals surface area contributed by atoms with Gasteiger partial charge in [-0.2, -0.15) is 0 Å². The van der Waals surface area contributed by atoms with Gasteiger partial charge in [0.1, 0.15) is 94.2 Å². The van der Waals surface area contributed by atoms with Gasteiger partial charge in [0.25, 0.3) is 0 Å². The van der Waals surface area contributed by atoms with E-state index in [2.05, 4.69) is 82.1 Å². The summed E-state index contributed by atoms with van der Waals surface area (Å²) < 4.78 is 46.4. The lowest BCUT2D eigenvalue weighted by Crippen LogP contribution is -2.37. The van der Waals surface area contributed by atoms with Crippen LogP contribution in [0.1, 0.15) is 95.9 Å². The summed E-state index contributed by atoms with van der Waals surface area (Å²) in [6, 6.07) is 29.8. The Morgan fingerprint density at radius 3 is 0.932 bits per heavy atom. The zero-order valence-corrected chi connectivity index (χ0v) is 53.1. The van der Waals surface area contributed by atoms with E-state index in [1.54, 1.807) is 18.2 Å². The summed E-state index contributed by atoms with van der Waals surface area (Å²) in [6.45, 7) is 33.1. The number of hydrogen-bond acceptors (Lipinski definition) is 18. The number of carboxylic acids is 1. The SMILES string of the molecule is C=CC(=O)OCC(COc1ccccc1C)OC(=O)C1CC=CCC1C(=O)O.C=CC(=O)OCC(O)COc1ccccc1C.C=CC(=O)OCC(O)COc1ccccc1C.C=CC(=O)OCC(O)COc1ccccc1C.CCC.CCC.CCC. The maximum atomic E-state index is 12.6. The summed E-state index contributed by atoms with van der Waals surface area (Å²) in [7, 11) is 0. The molecule has 6 atom stereocenters. The van der Waals surface area contributed by atoms with Crippen molar-refractivity contribution in [1.82, 2.24) is 0 Å². The highest BCUT2D eigenvalue weighted by Gasteiger charge is 2.36. The van der Waals surface area contributed by atoms with Crippen molar-refractivity contribution in [3.63, 3.8) is 0 Å². The number of rotatable bonds is 27. The van der Waals surface area contributed by atoms with Gasteiger partial charge in [-0.15, -0.1) is 0 Å². The van der Waals surface area contributed by atoms with Crippen LogP contribution in [0.3, 0.4) is 0 Å². The number of esters is 5. The second-order valence-corrected chi connectivity index (χ2v) is 19.3. The summed E-state index contributed by atoms with van der Waals surface area (Å²) in [4.78, 5) is 67.6. The second-order valence-electron chi connectivity index (χ2n) is 19.3. The highest BCUT2D eigenvalue weighted by molar-refractivity contribution is 5.83. The lowest BCUT2D eigenvalue weighted by atomic mass is 9.83. The maximum Gasteiger partial charge on any atom is 0.330 e. The number of aliphatic hydroxyl groups is 3. The van der Waals surface area contributed by atoms with Crippen molar-refractivity contribution in [3.05, 3.63) is 182 Å². The van der Waals surface area contributed by atoms with Gasteiger partial charge < -0.3 is 63.1 Å². The van der Waals surface area contributed by atoms with Crippen LogP contribution in [-0.2, 0) is 52.5 Å². The molecule has 486 valence electrons. The molecule has 1 aliphatic carbocycles. The first kappa shape index (κ1) is 81.5. The average Bonchev–Trinajstić information content (AvgIpc) is 3.70. The number of para-hydroxylation sites is 4. The molecule has 0 radical (unpaired) electrons. The highest BCUT2D eigenvalue weighted by Crippen LogP contribution is 2.28. The smallest absolute Gasteiger partial charge is 0.330 e. The van der Waals surface area contributed by atoms with Crippen LogP contribution in [0.15, 0.2) is 160 Å². The molecule has 0 aliphatic heterocycles. The number of carbonyl (C=O) groups is 6. The predicted octanol–water partition coefficient (Wildman–Crippen LogP) is 11.3. The van der Waals surface area contributed by atoms with Gasteiger partial charge in [0, 0.05) is 24.3 Å². The van der Waals surface area contributed by atoms with E-state index >= 15 is 0 Å². The number of aliphatic hydroxyl groups excluding tert-OH is 3. The molecular weight excluding hydrogens is 1130 g/mol. The molecule has 4 aromatic rings. The molecule has 19 nitrogen and oxygen atoms in total. The van der Waals surface area contributed by atoms with Crippen molar-refractivity contribution in [2.75, 3.05) is 52.9 Å². The molecule has 4 N–H and O–H groups in total. The molecule has 6 unspecified atom stereocenters. The molecule has 5 rings (SSSR count). The molecule has 0 saturated carbocycles. The van der Waals surface area contributed by atoms with E-state index in [0.29, 0.717) is 23.0 Å². The first-order chi connectivity index (χ1) is 42.1. The highest BCUT2D eigenvalue weighted by atomic mass is 16.6. The van der Waals surface area contributed by atoms with Crippen molar-refractivity contribution >= 4 is 35.8 Å². The topological polar surface area (TPSA) is 266 Å². The Morgan fingerprint density at radius 1 is 0.420 bits per heavy atom. The number of benzene rings is 4. The van der Waals surface area contributed by atoms with E-state index in [9.17, 15) is 49.2 Å². The maximum absolute atomic E-state index is 12.6. The molecule has 1 aliphatic rings. The molecule has 0 fully saturated rings. The Bertz CT molecular complexity index is 2480. The largest absolute Gasteiger partial charge is 0.490 e. The van der Waals surface area contributed by atoms with Gasteiger partial charge in [-0.05, 0) is 87.1 Å². The Morgan fingerprint density at radius 2 is 0.670 bits per heavy atom. The number of ether oxygens (including phenoxy) is 9. The average molecular weight is 1230 g/mol. The first-order valence-electron chi connectivity index (χ1n) is 29.1. The third kappa shape index (κ3) is 40.0. The third-order valence-corrected chi connectivity index (χ3v) is 10.8. The monoisotopic (exact) mass is 1230 g/mol. The van der Waals surface area contributed by atoms with Gasteiger partial charge >= 0.3 is 35.8 Å². The number of carboxylic acid groups (broad SMARTS) is 1. The van der Waals surface area contributed by atoms with Crippen molar-refractivity contribution in [1.29, 1.82) is 0 Å². The molecule has 0 heterocycles. The van der Waals surface area contributed by atoms with E-state index in [0.717, 1.165) is 46.6 Å². The van der Waals surface area contributed by atoms with Crippen LogP contribution in [0.4, 0.5) is 0 Å². The summed E-state index contributed by atoms with van der Waals surface area (Å²) in [5.74, 6) is -2.90. The van der Waals surface area contributed by atoms with Crippen LogP contribution in [0, 0.1) is 39.5 Å². The van der Waals surface area contributed by atoms with Crippen molar-refractivity contribution < 1.29 is 91.8 Å². The molecule has 19 heteroatoms. The molecule has 0 saturated heterocycles. The lowest BCUT2D eigenvalue weighted by molar-refractivity contribution is -0.167. The van der Waals surface area contributed by atoms with E-state index in [-0.39, 0.29) is 65.7 Å². The standard InChI is InChI=1S/C21H24O7.3C13H16O4.3C3H8/c1-3-19(22)27-13-15(12-26-18-11-7-4-8-14(18)2)28-21(25)17-10-6-5-9-16(17)20(23)24;3*1-3-13(15)17-9-11(14)8-16-12-7-5-4-6-10(12)2;3*1-3-2/h3-8,11,15-17H,1,9-10,12-13H2,2H3,(H,23,24);3*3-7,11,14H,1,8-9H2,2H3;3*3H2,1-2H3. The number of allylic oxidation sites excluding steroid dienone is 2. The molecule has 88 heavy (non-hydrogen) atoms. The molecule has 4 aromatic carbocycles. The van der Waals surface area contributed by atoms with Crippen LogP contribution in [0.2, 0.25) is 0 Å². The zero-order valence-electron chi connectivity index (χ0n) is 53.1. The van der Waals surface area contributed by atoms with Crippen molar-refractivity contribution in [2.45, 2.75) is 126 Å². The molecule has 0 amide bonds. The Hall–Kier alpha value is -8.52. The van der Waals surface area contributed by atoms with E-state index in [1.165, 1.54) is 19.3 Å². The number of hydrogen-bond donors (Lipinski definition) is 4. The fourth-order valence-electron chi connectivity index (χ4n) is 6.42. The lowest BCUT2D eigenvalue weighted by Gasteiger charge is -2.26. The second kappa shape index (κ2) is 51.7. The minimum Gasteiger partial charge on any atom is -0.490 e. The van der Waals surface area contributed by atoms with Gasteiger partial charge in [0.15, 0.2) is 6.10 Å². The van der Waals surface area contributed by atoms with E-state index in [4.69, 9.17) is 28.4 Å². The van der Waals surface area contributed by atoms with Crippen LogP contribution in [0.5, 0.6) is 23.0 Å². The van der Waals surface area contributed by atoms with E-state index < -0.39 is 72.1 Å². The first-order valence-corrected chi connectivity index (χ1v) is 29.1. The summed E-state index contributed by atoms with van der Waals surface area (Å²) in [5, 5.41) is 37.9. The minimum atomic E-state index is -1.04. The number of carbonyl (C=O) groups excluding carboxylic acids is 5. The number of aryl methyl sites for hydroxylation is 4. The minimum absolute atomic E-state index is 0.0404. The molecule has 0 spiro atoms. The van der Waals surface area contributed by atoms with Gasteiger partial charge in [0.05, 0.1) is 11.8 Å². The fraction of sp³-hybridized carbons (Fsp3) is 0.420. The Labute approximate surface area is 521 Å². The molecular formula is C69H96O19.